The molecule has 0 aliphatic heterocycles. The van der Waals surface area contributed by atoms with Crippen molar-refractivity contribution in [1.82, 2.24) is 34.8 Å². The van der Waals surface area contributed by atoms with E-state index in [2.05, 4.69) is 25.6 Å². The van der Waals surface area contributed by atoms with Crippen LogP contribution in [0.25, 0.3) is 16.7 Å². The van der Waals surface area contributed by atoms with Gasteiger partial charge in [-0.25, -0.2) is 9.67 Å². The molecule has 1 N–H and O–H groups in total. The van der Waals surface area contributed by atoms with Crippen LogP contribution in [-0.4, -0.2) is 35.4 Å². The molecule has 29 heavy (non-hydrogen) atoms. The van der Waals surface area contributed by atoms with Crippen LogP contribution in [0.3, 0.4) is 0 Å². The number of amides is 1. The molecule has 0 fully saturated rings. The van der Waals surface area contributed by atoms with Gasteiger partial charge >= 0.3 is 0 Å². The van der Waals surface area contributed by atoms with Crippen molar-refractivity contribution in [3.8, 4) is 5.69 Å². The van der Waals surface area contributed by atoms with E-state index in [4.69, 9.17) is 0 Å². The molecule has 0 aliphatic carbocycles. The molecule has 0 radical (unpaired) electrons. The Morgan fingerprint density at radius 1 is 1.14 bits per heavy atom. The molecule has 4 aromatic rings. The molecule has 4 rings (SSSR count). The Morgan fingerprint density at radius 3 is 2.69 bits per heavy atom. The van der Waals surface area contributed by atoms with Crippen molar-refractivity contribution in [2.45, 2.75) is 26.9 Å². The van der Waals surface area contributed by atoms with Crippen LogP contribution in [0, 0.1) is 6.92 Å². The number of hydrogen-bond acceptors (Lipinski definition) is 6. The minimum absolute atomic E-state index is 0.0755. The number of fused-ring (bicyclic) bond motifs is 1. The van der Waals surface area contributed by atoms with Gasteiger partial charge in [-0.2, -0.15) is 0 Å². The van der Waals surface area contributed by atoms with Crippen molar-refractivity contribution < 1.29 is 4.79 Å². The van der Waals surface area contributed by atoms with E-state index in [-0.39, 0.29) is 17.5 Å². The lowest BCUT2D eigenvalue weighted by molar-refractivity contribution is 0.0949. The quantitative estimate of drug-likeness (QED) is 0.556. The van der Waals surface area contributed by atoms with E-state index in [0.29, 0.717) is 23.3 Å². The average molecular weight is 389 g/mol. The maximum Gasteiger partial charge on any atom is 0.257 e. The fourth-order valence-corrected chi connectivity index (χ4v) is 3.03. The van der Waals surface area contributed by atoms with Crippen molar-refractivity contribution in [2.24, 2.45) is 0 Å². The van der Waals surface area contributed by atoms with Crippen molar-refractivity contribution in [2.75, 3.05) is 0 Å². The van der Waals surface area contributed by atoms with E-state index in [1.54, 1.807) is 58.3 Å². The zero-order valence-corrected chi connectivity index (χ0v) is 16.0. The summed E-state index contributed by atoms with van der Waals surface area (Å²) in [5.41, 5.74) is 2.52. The Labute approximate surface area is 166 Å². The number of rotatable bonds is 5. The third kappa shape index (κ3) is 3.62. The smallest absolute Gasteiger partial charge is 0.257 e. The minimum atomic E-state index is -0.460. The Kier molecular flexibility index (Phi) is 4.86. The lowest BCUT2D eigenvalue weighted by Crippen LogP contribution is -2.29. The second-order valence-electron chi connectivity index (χ2n) is 6.52. The molecule has 0 aliphatic rings. The number of aryl methyl sites for hydroxylation is 2. The fourth-order valence-electron chi connectivity index (χ4n) is 3.03. The number of nitrogens with zero attached hydrogens (tertiary/aromatic N) is 6. The summed E-state index contributed by atoms with van der Waals surface area (Å²) < 4.78 is 3.40. The molecule has 0 aromatic carbocycles. The Bertz CT molecular complexity index is 1240. The molecular formula is C20H19N7O2. The summed E-state index contributed by atoms with van der Waals surface area (Å²) in [6.07, 6.45) is 6.59. The van der Waals surface area contributed by atoms with Crippen LogP contribution in [0.15, 0.2) is 53.8 Å². The van der Waals surface area contributed by atoms with Gasteiger partial charge in [-0.1, -0.05) is 5.21 Å². The van der Waals surface area contributed by atoms with Crippen molar-refractivity contribution in [3.05, 3.63) is 76.2 Å². The van der Waals surface area contributed by atoms with Gasteiger partial charge in [-0.15, -0.1) is 5.10 Å². The second-order valence-corrected chi connectivity index (χ2v) is 6.52. The summed E-state index contributed by atoms with van der Waals surface area (Å²) in [5, 5.41) is 11.3. The predicted molar refractivity (Wildman–Crippen MR) is 107 cm³/mol. The highest BCUT2D eigenvalue weighted by molar-refractivity contribution is 5.96. The van der Waals surface area contributed by atoms with Crippen LogP contribution in [0.1, 0.15) is 28.7 Å². The number of aromatic nitrogens is 6. The highest BCUT2D eigenvalue weighted by Crippen LogP contribution is 2.11. The third-order valence-corrected chi connectivity index (χ3v) is 4.54. The van der Waals surface area contributed by atoms with Gasteiger partial charge in [0.15, 0.2) is 0 Å². The van der Waals surface area contributed by atoms with Crippen LogP contribution in [0.4, 0.5) is 0 Å². The summed E-state index contributed by atoms with van der Waals surface area (Å²) in [5.74, 6) is -0.460. The summed E-state index contributed by atoms with van der Waals surface area (Å²) >= 11 is 0. The first-order valence-corrected chi connectivity index (χ1v) is 9.17. The molecule has 0 saturated heterocycles. The number of carbonyl (C=O) groups is 1. The zero-order valence-electron chi connectivity index (χ0n) is 16.0. The highest BCUT2D eigenvalue weighted by Gasteiger charge is 2.16. The van der Waals surface area contributed by atoms with Crippen LogP contribution in [0.2, 0.25) is 0 Å². The molecule has 9 nitrogen and oxygen atoms in total. The fraction of sp³-hybridized carbons (Fsp3) is 0.200. The van der Waals surface area contributed by atoms with Crippen molar-refractivity contribution >= 4 is 16.9 Å². The van der Waals surface area contributed by atoms with Gasteiger partial charge in [0.05, 0.1) is 23.8 Å². The van der Waals surface area contributed by atoms with Gasteiger partial charge in [-0.3, -0.25) is 14.6 Å². The van der Waals surface area contributed by atoms with Crippen molar-refractivity contribution in [3.63, 3.8) is 0 Å². The summed E-state index contributed by atoms with van der Waals surface area (Å²) in [6.45, 7) is 4.55. The molecule has 0 unspecified atom stereocenters. The molecular weight excluding hydrogens is 370 g/mol. The zero-order chi connectivity index (χ0) is 20.4. The molecule has 0 spiro atoms. The summed E-state index contributed by atoms with van der Waals surface area (Å²) in [4.78, 5) is 33.9. The number of pyridine rings is 3. The van der Waals surface area contributed by atoms with Crippen LogP contribution in [0.5, 0.6) is 0 Å². The van der Waals surface area contributed by atoms with E-state index in [1.165, 1.54) is 0 Å². The van der Waals surface area contributed by atoms with E-state index in [1.807, 2.05) is 13.8 Å². The van der Waals surface area contributed by atoms with E-state index in [9.17, 15) is 9.59 Å². The topological polar surface area (TPSA) is 108 Å². The van der Waals surface area contributed by atoms with E-state index < -0.39 is 5.91 Å². The maximum atomic E-state index is 12.8. The van der Waals surface area contributed by atoms with E-state index in [0.717, 1.165) is 11.4 Å². The lowest BCUT2D eigenvalue weighted by Gasteiger charge is -2.11. The SMILES string of the molecule is CCn1cc(C(=O)NCc2cn(-c3ccncc3)nn2)c(=O)c2ccc(C)nc21. The summed E-state index contributed by atoms with van der Waals surface area (Å²) in [7, 11) is 0. The molecule has 0 atom stereocenters. The first kappa shape index (κ1) is 18.5. The van der Waals surface area contributed by atoms with Gasteiger partial charge in [-0.05, 0) is 38.1 Å². The van der Waals surface area contributed by atoms with Crippen LogP contribution in [-0.2, 0) is 13.1 Å². The highest BCUT2D eigenvalue weighted by atomic mass is 16.2. The molecule has 1 amide bonds. The molecule has 0 saturated carbocycles. The van der Waals surface area contributed by atoms with Crippen LogP contribution < -0.4 is 10.7 Å². The first-order chi connectivity index (χ1) is 14.1. The number of hydrogen-bond donors (Lipinski definition) is 1. The Hall–Kier alpha value is -3.88. The predicted octanol–water partition coefficient (Wildman–Crippen LogP) is 1.63. The second kappa shape index (κ2) is 7.63. The molecule has 4 aromatic heterocycles. The van der Waals surface area contributed by atoms with Crippen LogP contribution >= 0.6 is 0 Å². The summed E-state index contributed by atoms with van der Waals surface area (Å²) in [6, 6.07) is 7.08. The Balaban J connectivity index is 1.57. The lowest BCUT2D eigenvalue weighted by atomic mass is 10.1. The Morgan fingerprint density at radius 2 is 1.93 bits per heavy atom. The van der Waals surface area contributed by atoms with Gasteiger partial charge in [0.2, 0.25) is 5.43 Å². The van der Waals surface area contributed by atoms with Gasteiger partial charge in [0, 0.05) is 30.8 Å². The molecule has 4 heterocycles. The molecule has 9 heteroatoms. The molecule has 0 bridgehead atoms. The maximum absolute atomic E-state index is 12.8. The van der Waals surface area contributed by atoms with Gasteiger partial charge in [0.1, 0.15) is 16.9 Å². The minimum Gasteiger partial charge on any atom is -0.346 e. The molecule has 146 valence electrons. The first-order valence-electron chi connectivity index (χ1n) is 9.17. The van der Waals surface area contributed by atoms with Crippen molar-refractivity contribution in [1.29, 1.82) is 0 Å². The van der Waals surface area contributed by atoms with Gasteiger partial charge in [0.25, 0.3) is 5.91 Å². The number of nitrogens with one attached hydrogen (secondary N) is 1. The normalized spacial score (nSPS) is 11.0. The third-order valence-electron chi connectivity index (χ3n) is 4.54. The number of carbonyl (C=O) groups excluding carboxylic acids is 1. The average Bonchev–Trinajstić information content (AvgIpc) is 3.22. The monoisotopic (exact) mass is 389 g/mol. The largest absolute Gasteiger partial charge is 0.346 e. The standard InChI is InChI=1S/C20H19N7O2/c1-3-26-12-17(18(28)16-5-4-13(2)23-19(16)26)20(29)22-10-14-11-27(25-24-14)15-6-8-21-9-7-15/h4-9,11-12H,3,10H2,1-2H3,(H,22,29). The van der Waals surface area contributed by atoms with Gasteiger partial charge < -0.3 is 9.88 Å². The van der Waals surface area contributed by atoms with E-state index >= 15 is 0 Å².